The monoisotopic (exact) mass is 415 g/mol. The number of nitrogens with one attached hydrogen (secondary N) is 1. The first-order chi connectivity index (χ1) is 13.4. The number of hydrogen-bond acceptors (Lipinski definition) is 4. The van der Waals surface area contributed by atoms with E-state index in [0.29, 0.717) is 5.02 Å². The van der Waals surface area contributed by atoms with Gasteiger partial charge < -0.3 is 0 Å². The van der Waals surface area contributed by atoms with E-state index in [1.165, 1.54) is 19.3 Å². The molecule has 0 unspecified atom stereocenters. The van der Waals surface area contributed by atoms with Crippen LogP contribution in [0.5, 0.6) is 0 Å². The Bertz CT molecular complexity index is 1130. The number of hydrogen-bond donors (Lipinski definition) is 1. The number of amides is 1. The first kappa shape index (κ1) is 20.0. The average molecular weight is 416 g/mol. The first-order valence-electron chi connectivity index (χ1n) is 8.39. The van der Waals surface area contributed by atoms with Crippen LogP contribution in [0.2, 0.25) is 5.02 Å². The van der Waals surface area contributed by atoms with Crippen molar-refractivity contribution < 1.29 is 13.2 Å². The van der Waals surface area contributed by atoms with Crippen molar-refractivity contribution in [2.75, 3.05) is 13.6 Å². The molecule has 0 fully saturated rings. The molecule has 6 nitrogen and oxygen atoms in total. The third-order valence-electron chi connectivity index (χ3n) is 4.07. The number of sulfonamides is 1. The Balaban J connectivity index is 1.65. The molecular formula is C20H18ClN3O3S. The van der Waals surface area contributed by atoms with Crippen LogP contribution in [0.3, 0.4) is 0 Å². The maximum atomic E-state index is 12.7. The third kappa shape index (κ3) is 4.75. The Morgan fingerprint density at radius 2 is 1.75 bits per heavy atom. The molecule has 0 saturated heterocycles. The molecule has 0 saturated carbocycles. The molecule has 0 heterocycles. The molecule has 0 aliphatic rings. The second-order valence-electron chi connectivity index (χ2n) is 6.11. The van der Waals surface area contributed by atoms with Crippen LogP contribution in [-0.4, -0.2) is 38.4 Å². The van der Waals surface area contributed by atoms with Crippen molar-refractivity contribution in [3.05, 3.63) is 77.3 Å². The van der Waals surface area contributed by atoms with Gasteiger partial charge in [0, 0.05) is 12.1 Å². The molecule has 0 aliphatic carbocycles. The Morgan fingerprint density at radius 3 is 2.46 bits per heavy atom. The van der Waals surface area contributed by atoms with Gasteiger partial charge in [0.1, 0.15) is 0 Å². The zero-order valence-electron chi connectivity index (χ0n) is 15.0. The molecule has 144 valence electrons. The number of halogens is 1. The molecule has 3 aromatic carbocycles. The van der Waals surface area contributed by atoms with Gasteiger partial charge in [0.15, 0.2) is 0 Å². The lowest BCUT2D eigenvalue weighted by atomic mass is 10.1. The van der Waals surface area contributed by atoms with Crippen molar-refractivity contribution in [1.82, 2.24) is 9.73 Å². The van der Waals surface area contributed by atoms with Gasteiger partial charge in [0.05, 0.1) is 17.7 Å². The Kier molecular flexibility index (Phi) is 6.08. The van der Waals surface area contributed by atoms with Crippen LogP contribution in [0, 0.1) is 0 Å². The van der Waals surface area contributed by atoms with E-state index in [1.807, 2.05) is 24.3 Å². The maximum Gasteiger partial charge on any atom is 0.255 e. The highest BCUT2D eigenvalue weighted by atomic mass is 35.5. The van der Waals surface area contributed by atoms with Crippen LogP contribution in [-0.2, 0) is 14.8 Å². The minimum absolute atomic E-state index is 0.131. The Hall–Kier alpha value is -2.74. The van der Waals surface area contributed by atoms with Crippen molar-refractivity contribution in [2.24, 2.45) is 5.10 Å². The highest BCUT2D eigenvalue weighted by Gasteiger charge is 2.23. The first-order valence-corrected chi connectivity index (χ1v) is 10.2. The topological polar surface area (TPSA) is 78.8 Å². The van der Waals surface area contributed by atoms with E-state index in [0.717, 1.165) is 20.6 Å². The molecule has 28 heavy (non-hydrogen) atoms. The minimum atomic E-state index is -3.80. The lowest BCUT2D eigenvalue weighted by molar-refractivity contribution is -0.121. The largest absolute Gasteiger partial charge is 0.272 e. The fraction of sp³-hybridized carbons (Fsp3) is 0.100. The van der Waals surface area contributed by atoms with Gasteiger partial charge in [-0.2, -0.15) is 9.41 Å². The fourth-order valence-electron chi connectivity index (χ4n) is 2.56. The quantitative estimate of drug-likeness (QED) is 0.495. The van der Waals surface area contributed by atoms with Crippen LogP contribution < -0.4 is 5.43 Å². The zero-order valence-corrected chi connectivity index (χ0v) is 16.6. The minimum Gasteiger partial charge on any atom is -0.272 e. The van der Waals surface area contributed by atoms with Gasteiger partial charge in [-0.3, -0.25) is 4.79 Å². The summed E-state index contributed by atoms with van der Waals surface area (Å²) in [5, 5.41) is 6.19. The summed E-state index contributed by atoms with van der Waals surface area (Å²) in [6.07, 6.45) is 1.45. The molecule has 0 atom stereocenters. The summed E-state index contributed by atoms with van der Waals surface area (Å²) in [7, 11) is -2.45. The van der Waals surface area contributed by atoms with E-state index < -0.39 is 15.9 Å². The molecule has 0 aromatic heterocycles. The number of likely N-dealkylation sites (N-methyl/N-ethyl adjacent to an activating group) is 1. The van der Waals surface area contributed by atoms with E-state index in [-0.39, 0.29) is 11.4 Å². The number of hydrazone groups is 1. The zero-order chi connectivity index (χ0) is 20.1. The van der Waals surface area contributed by atoms with E-state index in [1.54, 1.807) is 36.4 Å². The predicted molar refractivity (Wildman–Crippen MR) is 111 cm³/mol. The summed E-state index contributed by atoms with van der Waals surface area (Å²) in [5.74, 6) is -0.544. The summed E-state index contributed by atoms with van der Waals surface area (Å²) in [6.45, 7) is -0.354. The highest BCUT2D eigenvalue weighted by molar-refractivity contribution is 7.89. The van der Waals surface area contributed by atoms with Crippen molar-refractivity contribution in [1.29, 1.82) is 0 Å². The van der Waals surface area contributed by atoms with E-state index in [2.05, 4.69) is 10.5 Å². The number of fused-ring (bicyclic) bond motifs is 1. The summed E-state index contributed by atoms with van der Waals surface area (Å²) >= 11 is 5.80. The predicted octanol–water partition coefficient (Wildman–Crippen LogP) is 3.26. The van der Waals surface area contributed by atoms with Gasteiger partial charge in [0.25, 0.3) is 5.91 Å². The van der Waals surface area contributed by atoms with Gasteiger partial charge in [-0.05, 0) is 40.6 Å². The number of carbonyl (C=O) groups excluding carboxylic acids is 1. The van der Waals surface area contributed by atoms with Gasteiger partial charge >= 0.3 is 0 Å². The number of rotatable bonds is 6. The molecule has 3 aromatic rings. The second-order valence-corrected chi connectivity index (χ2v) is 8.60. The Morgan fingerprint density at radius 1 is 1.07 bits per heavy atom. The molecule has 1 amide bonds. The fourth-order valence-corrected chi connectivity index (χ4v) is 3.85. The van der Waals surface area contributed by atoms with Gasteiger partial charge in [0.2, 0.25) is 10.0 Å². The number of carbonyl (C=O) groups is 1. The van der Waals surface area contributed by atoms with E-state index >= 15 is 0 Å². The SMILES string of the molecule is CN(CC(=O)N/N=C\c1ccc(Cl)cc1)S(=O)(=O)c1ccc2ccccc2c1. The Labute approximate surface area is 168 Å². The van der Waals surface area contributed by atoms with E-state index in [4.69, 9.17) is 11.6 Å². The van der Waals surface area contributed by atoms with Crippen LogP contribution in [0.1, 0.15) is 5.56 Å². The molecule has 0 bridgehead atoms. The molecule has 8 heteroatoms. The van der Waals surface area contributed by atoms with Gasteiger partial charge in [-0.15, -0.1) is 0 Å². The highest BCUT2D eigenvalue weighted by Crippen LogP contribution is 2.21. The molecular weight excluding hydrogens is 398 g/mol. The van der Waals surface area contributed by atoms with Crippen LogP contribution in [0.15, 0.2) is 76.7 Å². The molecule has 0 aliphatic heterocycles. The molecule has 1 N–H and O–H groups in total. The van der Waals surface area contributed by atoms with E-state index in [9.17, 15) is 13.2 Å². The average Bonchev–Trinajstić information content (AvgIpc) is 2.69. The number of benzene rings is 3. The van der Waals surface area contributed by atoms with Crippen molar-refractivity contribution in [3.8, 4) is 0 Å². The third-order valence-corrected chi connectivity index (χ3v) is 6.12. The summed E-state index contributed by atoms with van der Waals surface area (Å²) in [5.41, 5.74) is 3.07. The smallest absolute Gasteiger partial charge is 0.255 e. The van der Waals surface area contributed by atoms with Crippen LogP contribution >= 0.6 is 11.6 Å². The molecule has 0 radical (unpaired) electrons. The van der Waals surface area contributed by atoms with Gasteiger partial charge in [-0.25, -0.2) is 13.8 Å². The lowest BCUT2D eigenvalue weighted by Crippen LogP contribution is -2.36. The molecule has 0 spiro atoms. The number of nitrogens with zero attached hydrogens (tertiary/aromatic N) is 2. The lowest BCUT2D eigenvalue weighted by Gasteiger charge is -2.16. The standard InChI is InChI=1S/C20H18ClN3O3S/c1-24(14-20(25)23-22-13-15-6-9-18(21)10-7-15)28(26,27)19-11-8-16-4-2-3-5-17(16)12-19/h2-13H,14H2,1H3,(H,23,25)/b22-13-. The molecule has 3 rings (SSSR count). The second kappa shape index (κ2) is 8.52. The van der Waals surface area contributed by atoms with Crippen molar-refractivity contribution in [2.45, 2.75) is 4.90 Å². The van der Waals surface area contributed by atoms with Crippen molar-refractivity contribution >= 4 is 44.5 Å². The summed E-state index contributed by atoms with van der Waals surface area (Å²) in [6, 6.07) is 19.2. The maximum absolute atomic E-state index is 12.7. The summed E-state index contributed by atoms with van der Waals surface area (Å²) < 4.78 is 26.5. The van der Waals surface area contributed by atoms with Crippen LogP contribution in [0.4, 0.5) is 0 Å². The van der Waals surface area contributed by atoms with Crippen molar-refractivity contribution in [3.63, 3.8) is 0 Å². The van der Waals surface area contributed by atoms with Gasteiger partial charge in [-0.1, -0.05) is 54.1 Å². The normalized spacial score (nSPS) is 12.0. The summed E-state index contributed by atoms with van der Waals surface area (Å²) in [4.78, 5) is 12.2. The van der Waals surface area contributed by atoms with Crippen LogP contribution in [0.25, 0.3) is 10.8 Å².